The maximum Gasteiger partial charge on any atom is 0.416 e. The number of benzene rings is 1. The van der Waals surface area contributed by atoms with Crippen molar-refractivity contribution in [2.45, 2.75) is 69.9 Å². The van der Waals surface area contributed by atoms with E-state index >= 15 is 0 Å². The number of hydrogen-bond donors (Lipinski definition) is 3. The highest BCUT2D eigenvalue weighted by Gasteiger charge is 2.47. The van der Waals surface area contributed by atoms with E-state index in [1.807, 2.05) is 0 Å². The van der Waals surface area contributed by atoms with E-state index in [1.54, 1.807) is 13.8 Å². The molecule has 3 aromatic rings. The summed E-state index contributed by atoms with van der Waals surface area (Å²) in [6, 6.07) is 4.07. The quantitative estimate of drug-likeness (QED) is 0.218. The zero-order chi connectivity index (χ0) is 36.3. The summed E-state index contributed by atoms with van der Waals surface area (Å²) in [6.07, 6.45) is -11.4. The summed E-state index contributed by atoms with van der Waals surface area (Å²) in [4.78, 5) is 51.3. The Balaban J connectivity index is 1.90. The van der Waals surface area contributed by atoms with E-state index in [1.165, 1.54) is 24.1 Å². The monoisotopic (exact) mass is 698 g/mol. The number of methoxy groups -OCH3 is 1. The van der Waals surface area contributed by atoms with Crippen molar-refractivity contribution in [1.82, 2.24) is 15.0 Å². The second kappa shape index (κ2) is 14.2. The molecule has 0 radical (unpaired) electrons. The van der Waals surface area contributed by atoms with E-state index in [2.05, 4.69) is 20.3 Å². The van der Waals surface area contributed by atoms with Crippen molar-refractivity contribution >= 4 is 29.3 Å². The van der Waals surface area contributed by atoms with Gasteiger partial charge in [0.2, 0.25) is 11.8 Å². The molecule has 0 fully saturated rings. The van der Waals surface area contributed by atoms with Gasteiger partial charge >= 0.3 is 24.4 Å². The zero-order valence-corrected chi connectivity index (χ0v) is 26.4. The van der Waals surface area contributed by atoms with Crippen LogP contribution in [0, 0.1) is 0 Å². The smallest absolute Gasteiger partial charge is 0.416 e. The first-order valence-corrected chi connectivity index (χ1v) is 14.9. The minimum Gasteiger partial charge on any atom is -0.481 e. The van der Waals surface area contributed by atoms with E-state index in [4.69, 9.17) is 20.3 Å². The van der Waals surface area contributed by atoms with E-state index in [0.717, 1.165) is 6.20 Å². The van der Waals surface area contributed by atoms with Gasteiger partial charge in [0.05, 0.1) is 66.1 Å². The first-order valence-electron chi connectivity index (χ1n) is 14.9. The number of carbonyl (C=O) groups excluding carboxylic acids is 2. The number of carboxylic acid groups (broad SMARTS) is 1. The third kappa shape index (κ3) is 8.36. The number of nitrogens with one attached hydrogen (secondary N) is 1. The maximum atomic E-state index is 13.7. The molecule has 18 heteroatoms. The van der Waals surface area contributed by atoms with Crippen LogP contribution >= 0.6 is 0 Å². The average molecular weight is 699 g/mol. The summed E-state index contributed by atoms with van der Waals surface area (Å²) in [5.74, 6) is -2.88. The van der Waals surface area contributed by atoms with Gasteiger partial charge in [-0.15, -0.1) is 0 Å². The number of fused-ring (bicyclic) bond motifs is 1. The van der Waals surface area contributed by atoms with Gasteiger partial charge in [0, 0.05) is 18.9 Å². The topological polar surface area (TPSA) is 170 Å². The van der Waals surface area contributed by atoms with Crippen molar-refractivity contribution in [2.24, 2.45) is 5.73 Å². The molecule has 1 aliphatic rings. The minimum atomic E-state index is -5.12. The Labute approximate surface area is 275 Å². The van der Waals surface area contributed by atoms with Crippen LogP contribution in [0.1, 0.15) is 79.4 Å². The van der Waals surface area contributed by atoms with Crippen molar-refractivity contribution < 1.29 is 55.3 Å². The van der Waals surface area contributed by atoms with Crippen LogP contribution in [0.15, 0.2) is 36.5 Å². The number of aromatic nitrogens is 3. The number of hydrogen-bond acceptors (Lipinski definition) is 9. The number of halogens is 6. The second-order valence-corrected chi connectivity index (χ2v) is 11.1. The normalized spacial score (nSPS) is 17.7. The Bertz CT molecular complexity index is 1700. The number of nitrogens with two attached hydrogens (primary N) is 1. The zero-order valence-electron chi connectivity index (χ0n) is 26.4. The van der Waals surface area contributed by atoms with E-state index in [9.17, 15) is 40.7 Å². The number of pyridine rings is 1. The van der Waals surface area contributed by atoms with E-state index in [-0.39, 0.29) is 60.0 Å². The summed E-state index contributed by atoms with van der Waals surface area (Å²) < 4.78 is 92.5. The van der Waals surface area contributed by atoms with Crippen LogP contribution < -0.4 is 20.7 Å². The molecule has 0 saturated carbocycles. The molecule has 0 saturated heterocycles. The first-order chi connectivity index (χ1) is 22.9. The number of carbonyl (C=O) groups is 3. The van der Waals surface area contributed by atoms with Crippen LogP contribution in [0.5, 0.6) is 5.88 Å². The molecule has 2 amide bonds. The lowest BCUT2D eigenvalue weighted by Crippen LogP contribution is -2.61. The fraction of sp³-hybridized carbons (Fsp3) is 0.419. The molecule has 1 aromatic carbocycles. The molecule has 4 rings (SSSR count). The van der Waals surface area contributed by atoms with Gasteiger partial charge in [-0.2, -0.15) is 26.3 Å². The molecule has 1 aliphatic heterocycles. The van der Waals surface area contributed by atoms with Crippen LogP contribution in [0.3, 0.4) is 0 Å². The maximum absolute atomic E-state index is 13.7. The summed E-state index contributed by atoms with van der Waals surface area (Å²) in [5.41, 5.74) is 1.92. The number of anilines is 2. The van der Waals surface area contributed by atoms with E-state index in [0.29, 0.717) is 12.1 Å². The van der Waals surface area contributed by atoms with Gasteiger partial charge in [-0.3, -0.25) is 14.5 Å². The van der Waals surface area contributed by atoms with Gasteiger partial charge in [-0.1, -0.05) is 6.92 Å². The largest absolute Gasteiger partial charge is 0.481 e. The Kier molecular flexibility index (Phi) is 10.7. The number of alkyl halides is 6. The highest BCUT2D eigenvalue weighted by atomic mass is 19.4. The van der Waals surface area contributed by atoms with Crippen molar-refractivity contribution in [2.75, 3.05) is 23.9 Å². The third-order valence-electron chi connectivity index (χ3n) is 7.78. The Morgan fingerprint density at radius 3 is 2.24 bits per heavy atom. The minimum absolute atomic E-state index is 0.0115. The van der Waals surface area contributed by atoms with Crippen LogP contribution in [-0.2, 0) is 33.1 Å². The standard InChI is InChI=1S/C31H32F6N6O6/c1-4-29(38)14-19(26-22(6-8-24(42-26)48-3)43(29)28(47)49-5-2)27-39-15-21(40-23(44)7-9-25(45)46)20(41-27)12-16-10-17(30(32,33)34)13-18(11-16)31(35,36)37/h6,8,10-11,13,15,19H,4-5,7,9,12,14,38H2,1-3H3,(H,40,44)(H,45,46)/t19-,29+/m0/s1. The molecular weight excluding hydrogens is 666 g/mol. The fourth-order valence-corrected chi connectivity index (χ4v) is 5.36. The molecule has 0 bridgehead atoms. The average Bonchev–Trinajstić information content (AvgIpc) is 3.03. The SMILES string of the molecule is CCOC(=O)N1c2ccc(OC)nc2[C@@H](c2ncc(NC(=O)CCC(=O)O)c(Cc3cc(C(F)(F)F)cc(C(F)(F)F)c3)n2)C[C@@]1(N)CC. The fourth-order valence-electron chi connectivity index (χ4n) is 5.36. The number of nitrogens with zero attached hydrogens (tertiary/aromatic N) is 4. The number of ether oxygens (including phenoxy) is 2. The van der Waals surface area contributed by atoms with Crippen LogP contribution in [0.4, 0.5) is 42.5 Å². The van der Waals surface area contributed by atoms with Gasteiger partial charge < -0.3 is 25.6 Å². The van der Waals surface area contributed by atoms with Crippen LogP contribution in [0.25, 0.3) is 0 Å². The summed E-state index contributed by atoms with van der Waals surface area (Å²) in [5, 5.41) is 11.4. The van der Waals surface area contributed by atoms with Crippen LogP contribution in [0.2, 0.25) is 0 Å². The molecule has 3 heterocycles. The van der Waals surface area contributed by atoms with Crippen molar-refractivity contribution in [3.63, 3.8) is 0 Å². The molecule has 12 nitrogen and oxygen atoms in total. The summed E-state index contributed by atoms with van der Waals surface area (Å²) >= 11 is 0. The van der Waals surface area contributed by atoms with Gasteiger partial charge in [0.15, 0.2) is 0 Å². The predicted molar refractivity (Wildman–Crippen MR) is 161 cm³/mol. The lowest BCUT2D eigenvalue weighted by Gasteiger charge is -2.46. The Morgan fingerprint density at radius 1 is 1.04 bits per heavy atom. The highest BCUT2D eigenvalue weighted by molar-refractivity contribution is 5.93. The lowest BCUT2D eigenvalue weighted by atomic mass is 9.83. The molecule has 2 aromatic heterocycles. The molecule has 0 unspecified atom stereocenters. The molecule has 264 valence electrons. The Morgan fingerprint density at radius 2 is 1.69 bits per heavy atom. The molecule has 4 N–H and O–H groups in total. The van der Waals surface area contributed by atoms with Gasteiger partial charge in [0.25, 0.3) is 0 Å². The van der Waals surface area contributed by atoms with E-state index < -0.39 is 77.9 Å². The molecular formula is C31H32F6N6O6. The molecule has 2 atom stereocenters. The van der Waals surface area contributed by atoms with Gasteiger partial charge in [-0.05, 0) is 49.6 Å². The van der Waals surface area contributed by atoms with Crippen LogP contribution in [-0.4, -0.2) is 57.4 Å². The first kappa shape index (κ1) is 36.8. The molecule has 49 heavy (non-hydrogen) atoms. The third-order valence-corrected chi connectivity index (χ3v) is 7.78. The predicted octanol–water partition coefficient (Wildman–Crippen LogP) is 5.88. The highest BCUT2D eigenvalue weighted by Crippen LogP contribution is 2.45. The van der Waals surface area contributed by atoms with Gasteiger partial charge in [0.1, 0.15) is 11.5 Å². The summed E-state index contributed by atoms with van der Waals surface area (Å²) in [7, 11) is 1.36. The van der Waals surface area contributed by atoms with Crippen molar-refractivity contribution in [3.8, 4) is 5.88 Å². The number of amides is 2. The molecule has 0 aliphatic carbocycles. The molecule has 0 spiro atoms. The summed E-state index contributed by atoms with van der Waals surface area (Å²) in [6.45, 7) is 3.37. The number of rotatable bonds is 10. The Hall–Kier alpha value is -5.00. The second-order valence-electron chi connectivity index (χ2n) is 11.1. The number of aliphatic carboxylic acids is 1. The van der Waals surface area contributed by atoms with Crippen molar-refractivity contribution in [3.05, 3.63) is 70.4 Å². The van der Waals surface area contributed by atoms with Crippen molar-refractivity contribution in [1.29, 1.82) is 0 Å². The number of carboxylic acids is 1. The van der Waals surface area contributed by atoms with Gasteiger partial charge in [-0.25, -0.2) is 19.7 Å². The lowest BCUT2D eigenvalue weighted by molar-refractivity contribution is -0.143.